The number of nitrogens with zero attached hydrogens (tertiary/aromatic N) is 1. The van der Waals surface area contributed by atoms with Gasteiger partial charge in [-0.3, -0.25) is 4.79 Å². The van der Waals surface area contributed by atoms with Crippen molar-refractivity contribution in [2.75, 3.05) is 5.75 Å². The minimum Gasteiger partial charge on any atom is -0.481 e. The van der Waals surface area contributed by atoms with E-state index in [1.807, 2.05) is 12.1 Å². The zero-order valence-electron chi connectivity index (χ0n) is 10.0. The highest BCUT2D eigenvalue weighted by Crippen LogP contribution is 2.21. The van der Waals surface area contributed by atoms with Crippen molar-refractivity contribution >= 4 is 17.7 Å². The highest BCUT2D eigenvalue weighted by Gasteiger charge is 2.05. The molecule has 0 bridgehead atoms. The van der Waals surface area contributed by atoms with Crippen LogP contribution < -0.4 is 0 Å². The van der Waals surface area contributed by atoms with Crippen LogP contribution in [0.2, 0.25) is 0 Å². The Morgan fingerprint density at radius 3 is 2.72 bits per heavy atom. The molecule has 0 atom stereocenters. The van der Waals surface area contributed by atoms with Crippen molar-refractivity contribution in [1.29, 1.82) is 0 Å². The molecule has 0 radical (unpaired) electrons. The lowest BCUT2D eigenvalue weighted by Crippen LogP contribution is -1.97. The summed E-state index contributed by atoms with van der Waals surface area (Å²) in [6.45, 7) is 2.12. The standard InChI is InChI=1S/C13H14N2O2S/c1-2-9-3-5-10(6-4-9)11-7-14-13(15-11)18-8-12(16)17/h3-7H,2,8H2,1H3,(H,14,15)(H,16,17). The Bertz CT molecular complexity index is 534. The molecule has 4 nitrogen and oxygen atoms in total. The van der Waals surface area contributed by atoms with Crippen molar-refractivity contribution in [3.63, 3.8) is 0 Å². The van der Waals surface area contributed by atoms with E-state index in [-0.39, 0.29) is 5.75 Å². The molecule has 1 heterocycles. The van der Waals surface area contributed by atoms with Crippen LogP contribution in [0.3, 0.4) is 0 Å². The number of aromatic amines is 1. The van der Waals surface area contributed by atoms with Gasteiger partial charge in [0.15, 0.2) is 5.16 Å². The summed E-state index contributed by atoms with van der Waals surface area (Å²) in [6.07, 6.45) is 2.74. The lowest BCUT2D eigenvalue weighted by atomic mass is 10.1. The Morgan fingerprint density at radius 1 is 1.39 bits per heavy atom. The predicted octanol–water partition coefficient (Wildman–Crippen LogP) is 2.82. The van der Waals surface area contributed by atoms with E-state index in [2.05, 4.69) is 29.0 Å². The third kappa shape index (κ3) is 3.13. The number of thioether (sulfide) groups is 1. The molecule has 0 aliphatic carbocycles. The molecule has 2 N–H and O–H groups in total. The number of carboxylic acid groups (broad SMARTS) is 1. The lowest BCUT2D eigenvalue weighted by Gasteiger charge is -1.99. The van der Waals surface area contributed by atoms with Crippen LogP contribution in [0.15, 0.2) is 35.6 Å². The maximum atomic E-state index is 10.5. The first-order chi connectivity index (χ1) is 8.69. The molecule has 1 aromatic carbocycles. The Hall–Kier alpha value is -1.75. The number of hydrogen-bond donors (Lipinski definition) is 2. The summed E-state index contributed by atoms with van der Waals surface area (Å²) in [5.74, 6) is -0.827. The molecule has 0 amide bonds. The number of benzene rings is 1. The summed E-state index contributed by atoms with van der Waals surface area (Å²) in [5, 5.41) is 9.23. The second-order valence-electron chi connectivity index (χ2n) is 3.83. The third-order valence-electron chi connectivity index (χ3n) is 2.56. The van der Waals surface area contributed by atoms with Gasteiger partial charge in [0.1, 0.15) is 0 Å². The number of rotatable bonds is 5. The largest absolute Gasteiger partial charge is 0.481 e. The summed E-state index contributed by atoms with van der Waals surface area (Å²) >= 11 is 1.19. The number of carboxylic acids is 1. The van der Waals surface area contributed by atoms with E-state index in [9.17, 15) is 4.79 Å². The minimum absolute atomic E-state index is 0.0156. The van der Waals surface area contributed by atoms with Crippen molar-refractivity contribution in [2.24, 2.45) is 0 Å². The zero-order valence-corrected chi connectivity index (χ0v) is 10.8. The van der Waals surface area contributed by atoms with E-state index in [1.54, 1.807) is 6.20 Å². The van der Waals surface area contributed by atoms with Crippen molar-refractivity contribution in [1.82, 2.24) is 9.97 Å². The number of aliphatic carboxylic acids is 1. The van der Waals surface area contributed by atoms with Gasteiger partial charge >= 0.3 is 5.97 Å². The van der Waals surface area contributed by atoms with E-state index in [4.69, 9.17) is 5.11 Å². The molecular formula is C13H14N2O2S. The van der Waals surface area contributed by atoms with Crippen LogP contribution in [-0.2, 0) is 11.2 Å². The normalized spacial score (nSPS) is 10.5. The summed E-state index contributed by atoms with van der Waals surface area (Å²) in [4.78, 5) is 17.7. The van der Waals surface area contributed by atoms with Gasteiger partial charge in [-0.1, -0.05) is 43.0 Å². The number of carbonyl (C=O) groups is 1. The van der Waals surface area contributed by atoms with E-state index < -0.39 is 5.97 Å². The molecule has 18 heavy (non-hydrogen) atoms. The fourth-order valence-electron chi connectivity index (χ4n) is 1.57. The van der Waals surface area contributed by atoms with E-state index in [0.717, 1.165) is 17.7 Å². The smallest absolute Gasteiger partial charge is 0.313 e. The lowest BCUT2D eigenvalue weighted by molar-refractivity contribution is -0.133. The second-order valence-corrected chi connectivity index (χ2v) is 4.80. The number of nitrogens with one attached hydrogen (secondary N) is 1. The quantitative estimate of drug-likeness (QED) is 0.813. The molecule has 0 spiro atoms. The topological polar surface area (TPSA) is 66.0 Å². The van der Waals surface area contributed by atoms with Crippen LogP contribution in [0.5, 0.6) is 0 Å². The van der Waals surface area contributed by atoms with Crippen LogP contribution in [-0.4, -0.2) is 26.8 Å². The molecule has 0 aliphatic rings. The molecule has 94 valence electrons. The fraction of sp³-hybridized carbons (Fsp3) is 0.231. The summed E-state index contributed by atoms with van der Waals surface area (Å²) in [7, 11) is 0. The van der Waals surface area contributed by atoms with E-state index in [0.29, 0.717) is 5.16 Å². The molecule has 2 rings (SSSR count). The number of aryl methyl sites for hydroxylation is 1. The zero-order chi connectivity index (χ0) is 13.0. The molecule has 1 aromatic heterocycles. The van der Waals surface area contributed by atoms with E-state index in [1.165, 1.54) is 17.3 Å². The SMILES string of the molecule is CCc1ccc(-c2cnc(SCC(=O)O)[nH]2)cc1. The molecule has 0 fully saturated rings. The Balaban J connectivity index is 2.10. The Kier molecular flexibility index (Phi) is 4.04. The van der Waals surface area contributed by atoms with Gasteiger partial charge in [0.05, 0.1) is 17.6 Å². The van der Waals surface area contributed by atoms with E-state index >= 15 is 0 Å². The van der Waals surface area contributed by atoms with Crippen LogP contribution in [0.25, 0.3) is 11.3 Å². The van der Waals surface area contributed by atoms with Crippen LogP contribution >= 0.6 is 11.8 Å². The Labute approximate surface area is 109 Å². The highest BCUT2D eigenvalue weighted by atomic mass is 32.2. The first-order valence-electron chi connectivity index (χ1n) is 5.68. The van der Waals surface area contributed by atoms with Gasteiger partial charge in [0, 0.05) is 0 Å². The highest BCUT2D eigenvalue weighted by molar-refractivity contribution is 7.99. The molecule has 0 saturated heterocycles. The van der Waals surface area contributed by atoms with Crippen LogP contribution in [0, 0.1) is 0 Å². The average Bonchev–Trinajstić information content (AvgIpc) is 2.85. The van der Waals surface area contributed by atoms with Crippen LogP contribution in [0.1, 0.15) is 12.5 Å². The van der Waals surface area contributed by atoms with Gasteiger partial charge < -0.3 is 10.1 Å². The number of aromatic nitrogens is 2. The van der Waals surface area contributed by atoms with Crippen molar-refractivity contribution in [3.8, 4) is 11.3 Å². The molecule has 0 saturated carbocycles. The first-order valence-corrected chi connectivity index (χ1v) is 6.66. The van der Waals surface area contributed by atoms with Crippen molar-refractivity contribution < 1.29 is 9.90 Å². The predicted molar refractivity (Wildman–Crippen MR) is 71.8 cm³/mol. The van der Waals surface area contributed by atoms with Crippen molar-refractivity contribution in [3.05, 3.63) is 36.0 Å². The van der Waals surface area contributed by atoms with Gasteiger partial charge in [-0.05, 0) is 17.5 Å². The third-order valence-corrected chi connectivity index (χ3v) is 3.43. The Morgan fingerprint density at radius 2 is 2.11 bits per heavy atom. The minimum atomic E-state index is -0.842. The maximum absolute atomic E-state index is 10.5. The summed E-state index contributed by atoms with van der Waals surface area (Å²) in [5.41, 5.74) is 3.26. The van der Waals surface area contributed by atoms with Gasteiger partial charge in [-0.25, -0.2) is 4.98 Å². The number of imidazole rings is 1. The monoisotopic (exact) mass is 262 g/mol. The van der Waals surface area contributed by atoms with Crippen molar-refractivity contribution in [2.45, 2.75) is 18.5 Å². The number of H-pyrrole nitrogens is 1. The maximum Gasteiger partial charge on any atom is 0.313 e. The molecular weight excluding hydrogens is 248 g/mol. The average molecular weight is 262 g/mol. The summed E-state index contributed by atoms with van der Waals surface area (Å²) < 4.78 is 0. The van der Waals surface area contributed by atoms with Crippen LogP contribution in [0.4, 0.5) is 0 Å². The number of hydrogen-bond acceptors (Lipinski definition) is 3. The molecule has 5 heteroatoms. The fourth-order valence-corrected chi connectivity index (χ4v) is 2.14. The molecule has 2 aromatic rings. The van der Waals surface area contributed by atoms with Gasteiger partial charge in [-0.2, -0.15) is 0 Å². The van der Waals surface area contributed by atoms with Gasteiger partial charge in [0.2, 0.25) is 0 Å². The summed E-state index contributed by atoms with van der Waals surface area (Å²) in [6, 6.07) is 8.25. The second kappa shape index (κ2) is 5.73. The van der Waals surface area contributed by atoms with Gasteiger partial charge in [0.25, 0.3) is 0 Å². The molecule has 0 aliphatic heterocycles. The van der Waals surface area contributed by atoms with Gasteiger partial charge in [-0.15, -0.1) is 0 Å². The first kappa shape index (κ1) is 12.7. The molecule has 0 unspecified atom stereocenters.